The summed E-state index contributed by atoms with van der Waals surface area (Å²) in [5.41, 5.74) is 4.48. The van der Waals surface area contributed by atoms with E-state index >= 15 is 0 Å². The molecule has 0 radical (unpaired) electrons. The van der Waals surface area contributed by atoms with Crippen LogP contribution >= 0.6 is 0 Å². The van der Waals surface area contributed by atoms with E-state index in [1.807, 2.05) is 67.8 Å². The normalized spacial score (nSPS) is 11.6. The van der Waals surface area contributed by atoms with Crippen molar-refractivity contribution in [2.75, 3.05) is 34.8 Å². The molecule has 3 rings (SSSR count). The minimum atomic E-state index is -0.367. The van der Waals surface area contributed by atoms with Crippen LogP contribution in [0.2, 0.25) is 0 Å². The molecule has 0 bridgehead atoms. The number of rotatable bonds is 7. The van der Waals surface area contributed by atoms with Crippen molar-refractivity contribution in [2.24, 2.45) is 7.05 Å². The molecule has 2 heterocycles. The second-order valence-electron chi connectivity index (χ2n) is 7.96. The lowest BCUT2D eigenvalue weighted by molar-refractivity contribution is 0.0526. The van der Waals surface area contributed by atoms with Crippen LogP contribution in [0.3, 0.4) is 0 Å². The topological polar surface area (TPSA) is 70.8 Å². The maximum Gasteiger partial charge on any atom is 0.340 e. The number of ether oxygens (including phenoxy) is 1. The molecular weight excluding hydrogens is 380 g/mol. The van der Waals surface area contributed by atoms with Crippen LogP contribution in [0.5, 0.6) is 5.75 Å². The predicted molar refractivity (Wildman–Crippen MR) is 119 cm³/mol. The third-order valence-corrected chi connectivity index (χ3v) is 5.08. The molecule has 0 fully saturated rings. The van der Waals surface area contributed by atoms with Crippen molar-refractivity contribution in [1.82, 2.24) is 19.4 Å². The molecule has 0 saturated heterocycles. The molecule has 1 aromatic carbocycles. The van der Waals surface area contributed by atoms with Gasteiger partial charge in [-0.1, -0.05) is 6.07 Å². The minimum Gasteiger partial charge on any atom is -0.507 e. The van der Waals surface area contributed by atoms with Gasteiger partial charge in [0.15, 0.2) is 0 Å². The van der Waals surface area contributed by atoms with Gasteiger partial charge in [0.2, 0.25) is 0 Å². The number of phenols is 1. The van der Waals surface area contributed by atoms with Crippen molar-refractivity contribution in [3.63, 3.8) is 0 Å². The van der Waals surface area contributed by atoms with E-state index < -0.39 is 0 Å². The zero-order chi connectivity index (χ0) is 22.0. The van der Waals surface area contributed by atoms with E-state index in [4.69, 9.17) is 4.74 Å². The molecule has 0 aliphatic rings. The number of aromatic nitrogens is 2. The highest BCUT2D eigenvalue weighted by molar-refractivity contribution is 6.09. The number of aromatic hydroxyl groups is 1. The van der Waals surface area contributed by atoms with Gasteiger partial charge in [-0.15, -0.1) is 0 Å². The number of fused-ring (bicyclic) bond motifs is 1. The average molecular weight is 411 g/mol. The standard InChI is InChI=1S/C23H30N4O3/c1-7-30-23(29)21-19(14-26(4)5)27(6)18-11-16(15-9-8-10-24-12-15)22(28)17(20(18)21)13-25(2)3/h8-12,28H,7,13-14H2,1-6H3. The number of carbonyl (C=O) groups excluding carboxylic acids is 1. The number of phenolic OH excluding ortho intramolecular Hbond substituents is 1. The summed E-state index contributed by atoms with van der Waals surface area (Å²) < 4.78 is 7.44. The van der Waals surface area contributed by atoms with Crippen LogP contribution < -0.4 is 0 Å². The molecule has 0 aliphatic carbocycles. The summed E-state index contributed by atoms with van der Waals surface area (Å²) in [5, 5.41) is 12.0. The highest BCUT2D eigenvalue weighted by Crippen LogP contribution is 2.41. The van der Waals surface area contributed by atoms with Gasteiger partial charge in [-0.25, -0.2) is 4.79 Å². The van der Waals surface area contributed by atoms with E-state index in [-0.39, 0.29) is 11.7 Å². The molecule has 0 saturated carbocycles. The lowest BCUT2D eigenvalue weighted by Crippen LogP contribution is -2.17. The Bertz CT molecular complexity index is 1060. The fraction of sp³-hybridized carbons (Fsp3) is 0.391. The van der Waals surface area contributed by atoms with Crippen molar-refractivity contribution in [2.45, 2.75) is 20.0 Å². The van der Waals surface area contributed by atoms with Crippen molar-refractivity contribution >= 4 is 16.9 Å². The van der Waals surface area contributed by atoms with Crippen LogP contribution in [-0.4, -0.2) is 65.2 Å². The molecule has 1 N–H and O–H groups in total. The highest BCUT2D eigenvalue weighted by atomic mass is 16.5. The van der Waals surface area contributed by atoms with Crippen LogP contribution in [0.4, 0.5) is 0 Å². The summed E-state index contributed by atoms with van der Waals surface area (Å²) >= 11 is 0. The lowest BCUT2D eigenvalue weighted by atomic mass is 9.96. The van der Waals surface area contributed by atoms with Crippen LogP contribution in [0.15, 0.2) is 30.6 Å². The van der Waals surface area contributed by atoms with Gasteiger partial charge in [-0.2, -0.15) is 0 Å². The third kappa shape index (κ3) is 4.04. The number of pyridine rings is 1. The van der Waals surface area contributed by atoms with E-state index in [0.717, 1.165) is 22.2 Å². The first kappa shape index (κ1) is 21.8. The summed E-state index contributed by atoms with van der Waals surface area (Å²) in [6.45, 7) is 3.14. The molecule has 0 amide bonds. The summed E-state index contributed by atoms with van der Waals surface area (Å²) in [6, 6.07) is 5.70. The summed E-state index contributed by atoms with van der Waals surface area (Å²) in [6.07, 6.45) is 3.44. The van der Waals surface area contributed by atoms with Gasteiger partial charge < -0.3 is 24.2 Å². The number of nitrogens with zero attached hydrogens (tertiary/aromatic N) is 4. The van der Waals surface area contributed by atoms with Gasteiger partial charge >= 0.3 is 5.97 Å². The van der Waals surface area contributed by atoms with Crippen molar-refractivity contribution < 1.29 is 14.6 Å². The Labute approximate surface area is 177 Å². The fourth-order valence-electron chi connectivity index (χ4n) is 3.83. The predicted octanol–water partition coefficient (Wildman–Crippen LogP) is 3.25. The van der Waals surface area contributed by atoms with Crippen LogP contribution in [0.25, 0.3) is 22.0 Å². The molecule has 0 spiro atoms. The Hall–Kier alpha value is -2.90. The molecular formula is C23H30N4O3. The maximum atomic E-state index is 13.0. The SMILES string of the molecule is CCOC(=O)c1c(CN(C)C)n(C)c2cc(-c3cccnc3)c(O)c(CN(C)C)c12. The monoisotopic (exact) mass is 410 g/mol. The Balaban J connectivity index is 2.43. The van der Waals surface area contributed by atoms with Gasteiger partial charge in [0, 0.05) is 60.3 Å². The van der Waals surface area contributed by atoms with Crippen molar-refractivity contribution in [3.05, 3.63) is 47.4 Å². The maximum absolute atomic E-state index is 13.0. The molecule has 2 aromatic heterocycles. The molecule has 30 heavy (non-hydrogen) atoms. The second kappa shape index (κ2) is 8.85. The number of hydrogen-bond acceptors (Lipinski definition) is 6. The molecule has 160 valence electrons. The smallest absolute Gasteiger partial charge is 0.340 e. The first-order chi connectivity index (χ1) is 14.3. The van der Waals surface area contributed by atoms with Gasteiger partial charge in [0.05, 0.1) is 17.7 Å². The van der Waals surface area contributed by atoms with Crippen LogP contribution in [0, 0.1) is 0 Å². The summed E-state index contributed by atoms with van der Waals surface area (Å²) in [7, 11) is 9.76. The van der Waals surface area contributed by atoms with Gasteiger partial charge in [0.1, 0.15) is 5.75 Å². The quantitative estimate of drug-likeness (QED) is 0.603. The second-order valence-corrected chi connectivity index (χ2v) is 7.96. The van der Waals surface area contributed by atoms with Crippen molar-refractivity contribution in [3.8, 4) is 16.9 Å². The largest absolute Gasteiger partial charge is 0.507 e. The molecule has 7 heteroatoms. The first-order valence-corrected chi connectivity index (χ1v) is 9.99. The molecule has 0 aliphatic heterocycles. The summed E-state index contributed by atoms with van der Waals surface area (Å²) in [5.74, 6) is -0.203. The Morgan fingerprint density at radius 3 is 2.47 bits per heavy atom. The van der Waals surface area contributed by atoms with Crippen LogP contribution in [0.1, 0.15) is 28.5 Å². The zero-order valence-corrected chi connectivity index (χ0v) is 18.6. The van der Waals surface area contributed by atoms with Gasteiger partial charge in [0.25, 0.3) is 0 Å². The van der Waals surface area contributed by atoms with Gasteiger partial charge in [-0.3, -0.25) is 4.98 Å². The number of aryl methyl sites for hydroxylation is 1. The van der Waals surface area contributed by atoms with E-state index in [1.165, 1.54) is 0 Å². The van der Waals surface area contributed by atoms with E-state index in [0.29, 0.717) is 36.4 Å². The minimum absolute atomic E-state index is 0.164. The average Bonchev–Trinajstić information content (AvgIpc) is 2.96. The van der Waals surface area contributed by atoms with E-state index in [1.54, 1.807) is 19.3 Å². The Morgan fingerprint density at radius 1 is 1.20 bits per heavy atom. The number of esters is 1. The van der Waals surface area contributed by atoms with Crippen molar-refractivity contribution in [1.29, 1.82) is 0 Å². The number of benzene rings is 1. The number of carbonyl (C=O) groups is 1. The number of hydrogen-bond donors (Lipinski definition) is 1. The van der Waals surface area contributed by atoms with E-state index in [2.05, 4.69) is 4.98 Å². The highest BCUT2D eigenvalue weighted by Gasteiger charge is 2.28. The Kier molecular flexibility index (Phi) is 6.43. The van der Waals surface area contributed by atoms with Gasteiger partial charge in [-0.05, 0) is 47.2 Å². The summed E-state index contributed by atoms with van der Waals surface area (Å²) in [4.78, 5) is 21.2. The lowest BCUT2D eigenvalue weighted by Gasteiger charge is -2.17. The first-order valence-electron chi connectivity index (χ1n) is 9.99. The van der Waals surface area contributed by atoms with E-state index in [9.17, 15) is 9.90 Å². The molecule has 7 nitrogen and oxygen atoms in total. The molecule has 0 unspecified atom stereocenters. The van der Waals surface area contributed by atoms with Crippen LogP contribution in [-0.2, 0) is 24.9 Å². The molecule has 3 aromatic rings. The third-order valence-electron chi connectivity index (χ3n) is 5.08. The Morgan fingerprint density at radius 2 is 1.90 bits per heavy atom. The zero-order valence-electron chi connectivity index (χ0n) is 18.6. The molecule has 0 atom stereocenters. The fourth-order valence-corrected chi connectivity index (χ4v) is 3.83.